The van der Waals surface area contributed by atoms with Crippen LogP contribution in [-0.4, -0.2) is 25.0 Å². The summed E-state index contributed by atoms with van der Waals surface area (Å²) in [6, 6.07) is 10.8. The number of ether oxygens (including phenoxy) is 2. The van der Waals surface area contributed by atoms with E-state index >= 15 is 0 Å². The van der Waals surface area contributed by atoms with Gasteiger partial charge in [0.05, 0.1) is 13.2 Å². The summed E-state index contributed by atoms with van der Waals surface area (Å²) in [6.07, 6.45) is 7.84. The number of benzene rings is 1. The summed E-state index contributed by atoms with van der Waals surface area (Å²) >= 11 is 0. The van der Waals surface area contributed by atoms with Gasteiger partial charge in [-0.3, -0.25) is 0 Å². The van der Waals surface area contributed by atoms with Gasteiger partial charge in [0.15, 0.2) is 5.79 Å². The van der Waals surface area contributed by atoms with Crippen molar-refractivity contribution < 1.29 is 9.47 Å². The molecular formula is C19H27NO2. The van der Waals surface area contributed by atoms with Crippen LogP contribution in [-0.2, 0) is 15.9 Å². The highest BCUT2D eigenvalue weighted by Crippen LogP contribution is 2.48. The van der Waals surface area contributed by atoms with E-state index in [1.54, 1.807) is 0 Å². The van der Waals surface area contributed by atoms with Crippen LogP contribution >= 0.6 is 0 Å². The van der Waals surface area contributed by atoms with Gasteiger partial charge in [0.2, 0.25) is 0 Å². The summed E-state index contributed by atoms with van der Waals surface area (Å²) in [5.41, 5.74) is 8.06. The van der Waals surface area contributed by atoms with Crippen molar-refractivity contribution in [3.8, 4) is 0 Å². The van der Waals surface area contributed by atoms with E-state index in [0.29, 0.717) is 0 Å². The van der Waals surface area contributed by atoms with E-state index in [0.717, 1.165) is 51.7 Å². The molecule has 2 N–H and O–H groups in total. The lowest BCUT2D eigenvalue weighted by atomic mass is 9.64. The van der Waals surface area contributed by atoms with Crippen LogP contribution < -0.4 is 5.73 Å². The van der Waals surface area contributed by atoms with Gasteiger partial charge in [0.1, 0.15) is 0 Å². The molecule has 1 aliphatic heterocycles. The minimum atomic E-state index is -0.325. The largest absolute Gasteiger partial charge is 0.348 e. The molecule has 2 fully saturated rings. The Balaban J connectivity index is 1.77. The van der Waals surface area contributed by atoms with Gasteiger partial charge >= 0.3 is 0 Å². The maximum absolute atomic E-state index is 6.58. The summed E-state index contributed by atoms with van der Waals surface area (Å²) in [4.78, 5) is 0. The molecule has 1 aliphatic carbocycles. The van der Waals surface area contributed by atoms with E-state index in [2.05, 4.69) is 36.9 Å². The molecule has 1 heterocycles. The molecule has 3 nitrogen and oxygen atoms in total. The monoisotopic (exact) mass is 301 g/mol. The maximum Gasteiger partial charge on any atom is 0.168 e. The third-order valence-electron chi connectivity index (χ3n) is 5.43. The van der Waals surface area contributed by atoms with Crippen molar-refractivity contribution in [3.05, 3.63) is 48.6 Å². The molecule has 1 aromatic rings. The predicted molar refractivity (Wildman–Crippen MR) is 88.5 cm³/mol. The smallest absolute Gasteiger partial charge is 0.168 e. The zero-order chi connectivity index (χ0) is 15.5. The topological polar surface area (TPSA) is 44.5 Å². The van der Waals surface area contributed by atoms with Crippen LogP contribution in [0.25, 0.3) is 0 Å². The van der Waals surface area contributed by atoms with Crippen molar-refractivity contribution in [2.24, 2.45) is 11.1 Å². The van der Waals surface area contributed by atoms with E-state index in [4.69, 9.17) is 15.2 Å². The van der Waals surface area contributed by atoms with Gasteiger partial charge < -0.3 is 15.2 Å². The second-order valence-electron chi connectivity index (χ2n) is 6.76. The molecule has 1 unspecified atom stereocenters. The normalized spacial score (nSPS) is 24.2. The highest BCUT2D eigenvalue weighted by Gasteiger charge is 2.48. The molecule has 0 amide bonds. The van der Waals surface area contributed by atoms with Crippen LogP contribution in [0.4, 0.5) is 0 Å². The Labute approximate surface area is 133 Å². The Hall–Kier alpha value is -1.16. The summed E-state index contributed by atoms with van der Waals surface area (Å²) in [5, 5.41) is 0. The SMILES string of the molecule is C=CCC(N)C1(Cc2ccccc2)CCC2(CC1)OCCO2. The second-order valence-corrected chi connectivity index (χ2v) is 6.76. The number of rotatable bonds is 5. The second kappa shape index (κ2) is 6.53. The van der Waals surface area contributed by atoms with Gasteiger partial charge in [-0.1, -0.05) is 36.4 Å². The molecular weight excluding hydrogens is 274 g/mol. The lowest BCUT2D eigenvalue weighted by Gasteiger charge is -2.47. The summed E-state index contributed by atoms with van der Waals surface area (Å²) in [7, 11) is 0. The van der Waals surface area contributed by atoms with Gasteiger partial charge in [0, 0.05) is 18.9 Å². The van der Waals surface area contributed by atoms with Crippen LogP contribution in [0, 0.1) is 5.41 Å². The van der Waals surface area contributed by atoms with E-state index in [9.17, 15) is 0 Å². The van der Waals surface area contributed by atoms with Crippen LogP contribution in [0.3, 0.4) is 0 Å². The molecule has 0 radical (unpaired) electrons. The fourth-order valence-corrected chi connectivity index (χ4v) is 4.03. The van der Waals surface area contributed by atoms with Crippen LogP contribution in [0.15, 0.2) is 43.0 Å². The number of nitrogens with two attached hydrogens (primary N) is 1. The van der Waals surface area contributed by atoms with Crippen LogP contribution in [0.5, 0.6) is 0 Å². The highest BCUT2D eigenvalue weighted by atomic mass is 16.7. The van der Waals surface area contributed by atoms with Crippen molar-refractivity contribution >= 4 is 0 Å². The van der Waals surface area contributed by atoms with Crippen molar-refractivity contribution in [3.63, 3.8) is 0 Å². The zero-order valence-electron chi connectivity index (χ0n) is 13.3. The molecule has 22 heavy (non-hydrogen) atoms. The summed E-state index contributed by atoms with van der Waals surface area (Å²) in [6.45, 7) is 5.33. The first kappa shape index (κ1) is 15.7. The van der Waals surface area contributed by atoms with E-state index in [1.165, 1.54) is 5.56 Å². The first-order valence-electron chi connectivity index (χ1n) is 8.36. The Kier molecular flexibility index (Phi) is 4.67. The molecule has 2 aliphatic rings. The van der Waals surface area contributed by atoms with Gasteiger partial charge in [0.25, 0.3) is 0 Å². The van der Waals surface area contributed by atoms with Gasteiger partial charge in [-0.25, -0.2) is 0 Å². The molecule has 1 saturated carbocycles. The van der Waals surface area contributed by atoms with Gasteiger partial charge in [-0.05, 0) is 36.7 Å². The fraction of sp³-hybridized carbons (Fsp3) is 0.579. The van der Waals surface area contributed by atoms with E-state index in [-0.39, 0.29) is 17.2 Å². The third kappa shape index (κ3) is 3.12. The lowest BCUT2D eigenvalue weighted by molar-refractivity contribution is -0.193. The molecule has 0 aromatic heterocycles. The molecule has 0 bridgehead atoms. The molecule has 1 spiro atoms. The van der Waals surface area contributed by atoms with Crippen molar-refractivity contribution in [1.82, 2.24) is 0 Å². The van der Waals surface area contributed by atoms with Gasteiger partial charge in [-0.15, -0.1) is 6.58 Å². The molecule has 1 saturated heterocycles. The van der Waals surface area contributed by atoms with Crippen molar-refractivity contribution in [1.29, 1.82) is 0 Å². The van der Waals surface area contributed by atoms with E-state index in [1.807, 2.05) is 6.08 Å². The quantitative estimate of drug-likeness (QED) is 0.847. The summed E-state index contributed by atoms with van der Waals surface area (Å²) in [5.74, 6) is -0.325. The first-order valence-corrected chi connectivity index (χ1v) is 8.36. The molecule has 120 valence electrons. The van der Waals surface area contributed by atoms with Crippen LogP contribution in [0.1, 0.15) is 37.7 Å². The Morgan fingerprint density at radius 1 is 1.09 bits per heavy atom. The minimum absolute atomic E-state index is 0.121. The molecule has 3 rings (SSSR count). The average molecular weight is 301 g/mol. The molecule has 1 atom stereocenters. The zero-order valence-corrected chi connectivity index (χ0v) is 13.3. The first-order chi connectivity index (χ1) is 10.7. The molecule has 1 aromatic carbocycles. The third-order valence-corrected chi connectivity index (χ3v) is 5.43. The molecule has 3 heteroatoms. The lowest BCUT2D eigenvalue weighted by Crippen LogP contribution is -2.49. The van der Waals surface area contributed by atoms with E-state index < -0.39 is 0 Å². The van der Waals surface area contributed by atoms with Crippen molar-refractivity contribution in [2.75, 3.05) is 13.2 Å². The van der Waals surface area contributed by atoms with Crippen molar-refractivity contribution in [2.45, 2.75) is 50.4 Å². The fourth-order valence-electron chi connectivity index (χ4n) is 4.03. The van der Waals surface area contributed by atoms with Crippen LogP contribution in [0.2, 0.25) is 0 Å². The Morgan fingerprint density at radius 3 is 2.32 bits per heavy atom. The predicted octanol–water partition coefficient (Wildman–Crippen LogP) is 3.44. The number of hydrogen-bond acceptors (Lipinski definition) is 3. The maximum atomic E-state index is 6.58. The Bertz CT molecular complexity index is 483. The highest BCUT2D eigenvalue weighted by molar-refractivity contribution is 5.18. The number of hydrogen-bond donors (Lipinski definition) is 1. The standard InChI is InChI=1S/C19H27NO2/c1-2-6-17(20)18(15-16-7-4-3-5-8-16)9-11-19(12-10-18)21-13-14-22-19/h2-5,7-8,17H,1,6,9-15,20H2. The Morgan fingerprint density at radius 2 is 1.73 bits per heavy atom. The summed E-state index contributed by atoms with van der Waals surface area (Å²) < 4.78 is 11.8. The minimum Gasteiger partial charge on any atom is -0.348 e. The van der Waals surface area contributed by atoms with Gasteiger partial charge in [-0.2, -0.15) is 0 Å². The average Bonchev–Trinajstić information content (AvgIpc) is 3.00.